The molecule has 25 heavy (non-hydrogen) atoms. The molecule has 0 aliphatic rings. The largest absolute Gasteiger partial charge is 0.436 e. The topological polar surface area (TPSA) is 109 Å². The molecule has 0 radical (unpaired) electrons. The van der Waals surface area contributed by atoms with Crippen LogP contribution in [0.3, 0.4) is 0 Å². The van der Waals surface area contributed by atoms with Gasteiger partial charge in [-0.1, -0.05) is 0 Å². The molecule has 0 bridgehead atoms. The molecule has 0 aliphatic heterocycles. The minimum Gasteiger partial charge on any atom is -0.436 e. The molecule has 118 valence electrons. The molecule has 3 rings (SSSR count). The molecule has 0 atom stereocenters. The Morgan fingerprint density at radius 3 is 2.36 bits per heavy atom. The van der Waals surface area contributed by atoms with Crippen LogP contribution in [-0.4, -0.2) is 4.98 Å². The Morgan fingerprint density at radius 1 is 1.00 bits per heavy atom. The van der Waals surface area contributed by atoms with Gasteiger partial charge in [0.2, 0.25) is 5.89 Å². The Balaban J connectivity index is 1.98. The predicted octanol–water partition coefficient (Wildman–Crippen LogP) is 3.87. The van der Waals surface area contributed by atoms with Gasteiger partial charge in [-0.3, -0.25) is 0 Å². The van der Waals surface area contributed by atoms with E-state index in [0.29, 0.717) is 28.2 Å². The zero-order valence-electron chi connectivity index (χ0n) is 12.6. The predicted molar refractivity (Wildman–Crippen MR) is 86.9 cm³/mol. The van der Waals surface area contributed by atoms with E-state index in [1.165, 1.54) is 12.1 Å². The molecule has 0 saturated carbocycles. The second kappa shape index (κ2) is 6.54. The van der Waals surface area contributed by atoms with E-state index in [-0.39, 0.29) is 17.1 Å². The number of allylic oxidation sites excluding steroid dienone is 2. The first-order chi connectivity index (χ1) is 12.1. The van der Waals surface area contributed by atoms with E-state index >= 15 is 0 Å². The molecule has 0 fully saturated rings. The summed E-state index contributed by atoms with van der Waals surface area (Å²) in [6.07, 6.45) is 0. The van der Waals surface area contributed by atoms with Crippen molar-refractivity contribution >= 4 is 16.8 Å². The van der Waals surface area contributed by atoms with Crippen molar-refractivity contribution in [3.05, 3.63) is 59.6 Å². The number of halogens is 1. The van der Waals surface area contributed by atoms with Crippen LogP contribution in [0.5, 0.6) is 0 Å². The summed E-state index contributed by atoms with van der Waals surface area (Å²) < 4.78 is 18.6. The Hall–Kier alpha value is -4.15. The Kier molecular flexibility index (Phi) is 4.11. The Labute approximate surface area is 141 Å². The number of rotatable bonds is 3. The van der Waals surface area contributed by atoms with Crippen LogP contribution in [0.4, 0.5) is 10.1 Å². The van der Waals surface area contributed by atoms with Crippen LogP contribution >= 0.6 is 0 Å². The normalized spacial score (nSPS) is 9.68. The third-order valence-corrected chi connectivity index (χ3v) is 3.33. The first-order valence-electron chi connectivity index (χ1n) is 7.02. The van der Waals surface area contributed by atoms with E-state index in [1.807, 2.05) is 0 Å². The Bertz CT molecular complexity index is 1090. The number of oxazole rings is 1. The highest BCUT2D eigenvalue weighted by Gasteiger charge is 2.11. The summed E-state index contributed by atoms with van der Waals surface area (Å²) in [4.78, 5) is 4.33. The summed E-state index contributed by atoms with van der Waals surface area (Å²) in [6.45, 7) is 0. The molecule has 7 heteroatoms. The third-order valence-electron chi connectivity index (χ3n) is 3.33. The molecule has 1 N–H and O–H groups in total. The van der Waals surface area contributed by atoms with Gasteiger partial charge in [-0.05, 0) is 42.5 Å². The fourth-order valence-electron chi connectivity index (χ4n) is 2.15. The fourth-order valence-corrected chi connectivity index (χ4v) is 2.15. The van der Waals surface area contributed by atoms with Crippen molar-refractivity contribution in [2.45, 2.75) is 0 Å². The van der Waals surface area contributed by atoms with E-state index in [2.05, 4.69) is 10.3 Å². The third kappa shape index (κ3) is 3.14. The fraction of sp³-hybridized carbons (Fsp3) is 0. The van der Waals surface area contributed by atoms with Gasteiger partial charge in [0, 0.05) is 11.3 Å². The van der Waals surface area contributed by atoms with Gasteiger partial charge in [0.1, 0.15) is 35.2 Å². The number of nitrogens with zero attached hydrogens (tertiary/aromatic N) is 4. The zero-order chi connectivity index (χ0) is 17.8. The van der Waals surface area contributed by atoms with E-state index in [0.717, 1.165) is 0 Å². The molecule has 1 heterocycles. The van der Waals surface area contributed by atoms with Gasteiger partial charge < -0.3 is 9.73 Å². The van der Waals surface area contributed by atoms with Gasteiger partial charge in [0.25, 0.3) is 0 Å². The highest BCUT2D eigenvalue weighted by Crippen LogP contribution is 2.27. The molecule has 0 unspecified atom stereocenters. The highest BCUT2D eigenvalue weighted by molar-refractivity contribution is 5.80. The monoisotopic (exact) mass is 329 g/mol. The maximum atomic E-state index is 13.0. The van der Waals surface area contributed by atoms with Crippen molar-refractivity contribution in [2.75, 3.05) is 5.32 Å². The molecular weight excluding hydrogens is 321 g/mol. The summed E-state index contributed by atoms with van der Waals surface area (Å²) >= 11 is 0. The summed E-state index contributed by atoms with van der Waals surface area (Å²) in [5.74, 6) is -0.0223. The van der Waals surface area contributed by atoms with Crippen LogP contribution in [0.2, 0.25) is 0 Å². The second-order valence-corrected chi connectivity index (χ2v) is 4.92. The average Bonchev–Trinajstić information content (AvgIpc) is 3.05. The van der Waals surface area contributed by atoms with Gasteiger partial charge in [0.15, 0.2) is 11.2 Å². The second-order valence-electron chi connectivity index (χ2n) is 4.92. The zero-order valence-corrected chi connectivity index (χ0v) is 12.6. The van der Waals surface area contributed by atoms with E-state index in [9.17, 15) is 4.39 Å². The van der Waals surface area contributed by atoms with Crippen molar-refractivity contribution in [2.24, 2.45) is 0 Å². The maximum absolute atomic E-state index is 13.0. The summed E-state index contributed by atoms with van der Waals surface area (Å²) in [7, 11) is 0. The van der Waals surface area contributed by atoms with E-state index < -0.39 is 0 Å². The molecule has 0 amide bonds. The van der Waals surface area contributed by atoms with Crippen LogP contribution < -0.4 is 5.32 Å². The van der Waals surface area contributed by atoms with Crippen LogP contribution in [0.15, 0.2) is 58.2 Å². The smallest absolute Gasteiger partial charge is 0.227 e. The number of hydrogen-bond donors (Lipinski definition) is 1. The molecule has 1 aromatic heterocycles. The number of anilines is 1. The van der Waals surface area contributed by atoms with Crippen LogP contribution in [0.25, 0.3) is 22.6 Å². The van der Waals surface area contributed by atoms with Crippen LogP contribution in [-0.2, 0) is 0 Å². The maximum Gasteiger partial charge on any atom is 0.227 e. The first kappa shape index (κ1) is 15.7. The quantitative estimate of drug-likeness (QED) is 0.730. The van der Waals surface area contributed by atoms with Crippen molar-refractivity contribution in [1.82, 2.24) is 4.98 Å². The van der Waals surface area contributed by atoms with Crippen molar-refractivity contribution in [3.63, 3.8) is 0 Å². The molecule has 0 spiro atoms. The molecule has 0 aliphatic carbocycles. The molecule has 2 aromatic carbocycles. The van der Waals surface area contributed by atoms with Gasteiger partial charge in [-0.2, -0.15) is 15.8 Å². The van der Waals surface area contributed by atoms with Crippen molar-refractivity contribution < 1.29 is 8.81 Å². The first-order valence-corrected chi connectivity index (χ1v) is 7.02. The minimum atomic E-state index is -0.354. The lowest BCUT2D eigenvalue weighted by atomic mass is 10.2. The minimum absolute atomic E-state index is 0.147. The lowest BCUT2D eigenvalue weighted by Gasteiger charge is -2.03. The highest BCUT2D eigenvalue weighted by atomic mass is 19.1. The average molecular weight is 329 g/mol. The van der Waals surface area contributed by atoms with Crippen LogP contribution in [0, 0.1) is 39.8 Å². The number of nitriles is 3. The summed E-state index contributed by atoms with van der Waals surface area (Å²) in [6, 6.07) is 15.7. The number of fused-ring (bicyclic) bond motifs is 1. The molecule has 0 saturated heterocycles. The molecular formula is C18H8FN5O. The van der Waals surface area contributed by atoms with Gasteiger partial charge in [-0.25, -0.2) is 9.37 Å². The number of benzene rings is 2. The number of nitrogens with one attached hydrogen (secondary N) is 1. The van der Waals surface area contributed by atoms with Crippen molar-refractivity contribution in [3.8, 4) is 29.7 Å². The van der Waals surface area contributed by atoms with Gasteiger partial charge in [0.05, 0.1) is 0 Å². The van der Waals surface area contributed by atoms with Gasteiger partial charge >= 0.3 is 0 Å². The Morgan fingerprint density at radius 2 is 1.72 bits per heavy atom. The summed E-state index contributed by atoms with van der Waals surface area (Å²) in [5.41, 5.74) is 1.67. The lowest BCUT2D eigenvalue weighted by Crippen LogP contribution is -2.00. The van der Waals surface area contributed by atoms with Crippen molar-refractivity contribution in [1.29, 1.82) is 15.8 Å². The standard InChI is InChI=1S/C18H8FN5O/c19-13-3-1-11(2-4-13)18-24-15-7-14(5-6-17(15)25-18)23-16(10-22)12(8-20)9-21/h1-7,23H. The number of aromatic nitrogens is 1. The van der Waals surface area contributed by atoms with Gasteiger partial charge in [-0.15, -0.1) is 0 Å². The van der Waals surface area contributed by atoms with E-state index in [1.54, 1.807) is 48.5 Å². The number of hydrogen-bond acceptors (Lipinski definition) is 6. The summed E-state index contributed by atoms with van der Waals surface area (Å²) in [5, 5.41) is 29.5. The lowest BCUT2D eigenvalue weighted by molar-refractivity contribution is 0.616. The van der Waals surface area contributed by atoms with E-state index in [4.69, 9.17) is 20.2 Å². The molecule has 3 aromatic rings. The SMILES string of the molecule is N#CC(C#N)=C(C#N)Nc1ccc2oc(-c3ccc(F)cc3)nc2c1. The van der Waals surface area contributed by atoms with Crippen LogP contribution in [0.1, 0.15) is 0 Å². The molecule has 6 nitrogen and oxygen atoms in total.